The van der Waals surface area contributed by atoms with Gasteiger partial charge >= 0.3 is 0 Å². The molecule has 0 atom stereocenters. The number of benzene rings is 2. The van der Waals surface area contributed by atoms with E-state index in [1.807, 2.05) is 18.2 Å². The molecule has 0 amide bonds. The van der Waals surface area contributed by atoms with Crippen molar-refractivity contribution in [3.05, 3.63) is 52.3 Å². The Morgan fingerprint density at radius 3 is 2.83 bits per heavy atom. The highest BCUT2D eigenvalue weighted by Gasteiger charge is 2.19. The molecule has 2 heterocycles. The fourth-order valence-corrected chi connectivity index (χ4v) is 3.08. The smallest absolute Gasteiger partial charge is 0.201 e. The van der Waals surface area contributed by atoms with Crippen LogP contribution in [-0.2, 0) is 6.54 Å². The van der Waals surface area contributed by atoms with Gasteiger partial charge in [0.25, 0.3) is 0 Å². The van der Waals surface area contributed by atoms with Gasteiger partial charge in [0.1, 0.15) is 5.75 Å². The number of phenols is 1. The highest BCUT2D eigenvalue weighted by Crippen LogP contribution is 2.31. The summed E-state index contributed by atoms with van der Waals surface area (Å²) in [7, 11) is 0. The Morgan fingerprint density at radius 1 is 1.17 bits per heavy atom. The highest BCUT2D eigenvalue weighted by atomic mass is 16.3. The molecule has 0 aliphatic heterocycles. The fourth-order valence-electron chi connectivity index (χ4n) is 3.08. The second-order valence-corrected chi connectivity index (χ2v) is 5.53. The maximum absolute atomic E-state index is 12.8. The van der Waals surface area contributed by atoms with Crippen molar-refractivity contribution >= 4 is 27.2 Å². The molecule has 0 unspecified atom stereocenters. The van der Waals surface area contributed by atoms with Crippen molar-refractivity contribution in [3.63, 3.8) is 0 Å². The summed E-state index contributed by atoms with van der Waals surface area (Å²) < 4.78 is 1.75. The average molecular weight is 308 g/mol. The molecular weight excluding hydrogens is 292 g/mol. The minimum Gasteiger partial charge on any atom is -0.507 e. The summed E-state index contributed by atoms with van der Waals surface area (Å²) in [5, 5.41) is 19.8. The Labute approximate surface area is 131 Å². The molecule has 4 N–H and O–H groups in total. The van der Waals surface area contributed by atoms with Crippen molar-refractivity contribution in [2.75, 3.05) is 13.1 Å². The fraction of sp³-hybridized carbons (Fsp3) is 0.176. The van der Waals surface area contributed by atoms with E-state index in [-0.39, 0.29) is 11.2 Å². The minimum atomic E-state index is -0.169. The quantitative estimate of drug-likeness (QED) is 0.389. The lowest BCUT2D eigenvalue weighted by atomic mass is 10.1. The minimum absolute atomic E-state index is 0.0142. The number of hydrogen-bond donors (Lipinski definition) is 3. The van der Waals surface area contributed by atoms with E-state index in [0.29, 0.717) is 35.9 Å². The molecule has 23 heavy (non-hydrogen) atoms. The lowest BCUT2D eigenvalue weighted by molar-refractivity contribution is 0.481. The molecule has 0 saturated heterocycles. The van der Waals surface area contributed by atoms with Crippen molar-refractivity contribution in [1.82, 2.24) is 14.9 Å². The summed E-state index contributed by atoms with van der Waals surface area (Å²) in [5.41, 5.74) is 7.58. The third-order valence-electron chi connectivity index (χ3n) is 4.12. The molecule has 0 aliphatic carbocycles. The van der Waals surface area contributed by atoms with Crippen LogP contribution in [0.4, 0.5) is 0 Å². The van der Waals surface area contributed by atoms with Crippen molar-refractivity contribution < 1.29 is 5.11 Å². The van der Waals surface area contributed by atoms with Crippen LogP contribution < -0.4 is 16.5 Å². The number of nitrogens with zero attached hydrogens (tertiary/aromatic N) is 2. The molecule has 0 fully saturated rings. The van der Waals surface area contributed by atoms with Gasteiger partial charge in [0.15, 0.2) is 0 Å². The zero-order chi connectivity index (χ0) is 16.0. The van der Waals surface area contributed by atoms with Gasteiger partial charge in [0.2, 0.25) is 5.43 Å². The monoisotopic (exact) mass is 308 g/mol. The number of aromatic nitrogens is 2. The molecule has 2 aromatic heterocycles. The van der Waals surface area contributed by atoms with Crippen molar-refractivity contribution in [1.29, 1.82) is 0 Å². The molecule has 4 rings (SSSR count). The van der Waals surface area contributed by atoms with Gasteiger partial charge in [-0.15, -0.1) is 0 Å². The molecule has 6 heteroatoms. The molecular formula is C17H16N4O2. The summed E-state index contributed by atoms with van der Waals surface area (Å²) in [6, 6.07) is 10.7. The Hall–Kier alpha value is -2.70. The molecule has 0 radical (unpaired) electrons. The van der Waals surface area contributed by atoms with E-state index < -0.39 is 0 Å². The van der Waals surface area contributed by atoms with Gasteiger partial charge in [-0.05, 0) is 24.3 Å². The summed E-state index contributed by atoms with van der Waals surface area (Å²) in [6.45, 7) is 1.79. The molecule has 6 nitrogen and oxygen atoms in total. The molecule has 0 spiro atoms. The van der Waals surface area contributed by atoms with Crippen molar-refractivity contribution in [3.8, 4) is 5.75 Å². The van der Waals surface area contributed by atoms with E-state index >= 15 is 0 Å². The summed E-state index contributed by atoms with van der Waals surface area (Å²) >= 11 is 0. The third-order valence-corrected chi connectivity index (χ3v) is 4.12. The van der Waals surface area contributed by atoms with Crippen LogP contribution in [0, 0.1) is 0 Å². The first kappa shape index (κ1) is 13.9. The number of phenolic OH excluding ortho intramolecular Hbond substituents is 1. The molecule has 0 bridgehead atoms. The summed E-state index contributed by atoms with van der Waals surface area (Å²) in [4.78, 5) is 12.8. The van der Waals surface area contributed by atoms with Crippen LogP contribution in [0.2, 0.25) is 0 Å². The van der Waals surface area contributed by atoms with Gasteiger partial charge in [0.05, 0.1) is 22.1 Å². The topological polar surface area (TPSA) is 92.6 Å². The second-order valence-electron chi connectivity index (χ2n) is 5.53. The predicted molar refractivity (Wildman–Crippen MR) is 90.1 cm³/mol. The number of rotatable bonds is 4. The van der Waals surface area contributed by atoms with E-state index in [1.165, 1.54) is 0 Å². The van der Waals surface area contributed by atoms with E-state index in [2.05, 4.69) is 10.4 Å². The number of fused-ring (bicyclic) bond motifs is 2. The van der Waals surface area contributed by atoms with Gasteiger partial charge in [-0.25, -0.2) is 4.52 Å². The standard InChI is InChI=1S/C17H16N4O2/c18-7-8-19-9-12-10-5-6-14(22)15-16(10)21(20-12)13-4-2-1-3-11(13)17(15)23/h1-6,19,22H,7-9,18H2. The normalized spacial score (nSPS) is 11.9. The molecule has 0 saturated carbocycles. The first-order valence-corrected chi connectivity index (χ1v) is 7.51. The van der Waals surface area contributed by atoms with Crippen LogP contribution in [0.25, 0.3) is 27.2 Å². The van der Waals surface area contributed by atoms with Crippen LogP contribution in [-0.4, -0.2) is 27.8 Å². The Bertz CT molecular complexity index is 1070. The molecule has 2 aromatic carbocycles. The third kappa shape index (κ3) is 1.96. The van der Waals surface area contributed by atoms with Gasteiger partial charge in [0, 0.05) is 30.4 Å². The van der Waals surface area contributed by atoms with Crippen molar-refractivity contribution in [2.24, 2.45) is 5.73 Å². The second kappa shape index (κ2) is 5.19. The van der Waals surface area contributed by atoms with Crippen molar-refractivity contribution in [2.45, 2.75) is 6.54 Å². The molecule has 0 aliphatic rings. The van der Waals surface area contributed by atoms with E-state index in [9.17, 15) is 9.90 Å². The van der Waals surface area contributed by atoms with E-state index in [0.717, 1.165) is 16.6 Å². The number of hydrogen-bond acceptors (Lipinski definition) is 5. The number of nitrogens with two attached hydrogens (primary N) is 1. The van der Waals surface area contributed by atoms with Crippen LogP contribution in [0.3, 0.4) is 0 Å². The van der Waals surface area contributed by atoms with Crippen LogP contribution in [0.1, 0.15) is 5.69 Å². The molecule has 116 valence electrons. The Kier molecular flexibility index (Phi) is 3.14. The zero-order valence-electron chi connectivity index (χ0n) is 12.4. The maximum Gasteiger partial charge on any atom is 0.201 e. The Balaban J connectivity index is 2.12. The first-order chi connectivity index (χ1) is 11.2. The van der Waals surface area contributed by atoms with Crippen LogP contribution in [0.5, 0.6) is 5.75 Å². The van der Waals surface area contributed by atoms with E-state index in [1.54, 1.807) is 22.7 Å². The zero-order valence-corrected chi connectivity index (χ0v) is 12.4. The SMILES string of the molecule is NCCNCc1nn2c3ccccc3c(=O)c3c(O)ccc1c32. The first-order valence-electron chi connectivity index (χ1n) is 7.51. The summed E-state index contributed by atoms with van der Waals surface area (Å²) in [5.74, 6) is -0.0142. The maximum atomic E-state index is 12.8. The number of para-hydroxylation sites is 1. The average Bonchev–Trinajstić information content (AvgIpc) is 2.93. The largest absolute Gasteiger partial charge is 0.507 e. The van der Waals surface area contributed by atoms with Gasteiger partial charge < -0.3 is 16.2 Å². The number of nitrogens with one attached hydrogen (secondary N) is 1. The van der Waals surface area contributed by atoms with Gasteiger partial charge in [-0.1, -0.05) is 12.1 Å². The lowest BCUT2D eigenvalue weighted by Gasteiger charge is -2.05. The van der Waals surface area contributed by atoms with Gasteiger partial charge in [-0.2, -0.15) is 5.10 Å². The predicted octanol–water partition coefficient (Wildman–Crippen LogP) is 1.19. The lowest BCUT2D eigenvalue weighted by Crippen LogP contribution is -2.22. The molecule has 4 aromatic rings. The number of aromatic hydroxyl groups is 1. The Morgan fingerprint density at radius 2 is 2.00 bits per heavy atom. The van der Waals surface area contributed by atoms with Gasteiger partial charge in [-0.3, -0.25) is 4.79 Å². The summed E-state index contributed by atoms with van der Waals surface area (Å²) in [6.07, 6.45) is 0. The van der Waals surface area contributed by atoms with Crippen LogP contribution >= 0.6 is 0 Å². The van der Waals surface area contributed by atoms with Crippen LogP contribution in [0.15, 0.2) is 41.2 Å². The number of pyridine rings is 1. The van der Waals surface area contributed by atoms with E-state index in [4.69, 9.17) is 5.73 Å². The highest BCUT2D eigenvalue weighted by molar-refractivity contribution is 6.05.